The number of carbonyl (C=O) groups excluding carboxylic acids is 3. The van der Waals surface area contributed by atoms with E-state index in [4.69, 9.17) is 9.47 Å². The summed E-state index contributed by atoms with van der Waals surface area (Å²) in [4.78, 5) is 40.3. The zero-order valence-corrected chi connectivity index (χ0v) is 19.8. The summed E-state index contributed by atoms with van der Waals surface area (Å²) in [6.45, 7) is 4.83. The first-order valence-corrected chi connectivity index (χ1v) is 12.0. The summed E-state index contributed by atoms with van der Waals surface area (Å²) in [5, 5.41) is 4.04. The SMILES string of the molecule is CCOc1ccc(CN2C(=O)C3SC=CC3=[N+](CC(=O)Nc3ccc(OCC)cc3)C2=O)cc1. The normalized spacial score (nSPS) is 17.1. The van der Waals surface area contributed by atoms with Crippen LogP contribution in [0, 0.1) is 0 Å². The number of allylic oxidation sites excluding steroid dienone is 1. The van der Waals surface area contributed by atoms with Crippen LogP contribution in [0.25, 0.3) is 0 Å². The fourth-order valence-corrected chi connectivity index (χ4v) is 4.71. The van der Waals surface area contributed by atoms with Crippen molar-refractivity contribution < 1.29 is 28.4 Å². The Kier molecular flexibility index (Phi) is 7.32. The second-order valence-corrected chi connectivity index (χ2v) is 8.64. The number of hydrogen-bond donors (Lipinski definition) is 1. The van der Waals surface area contributed by atoms with Gasteiger partial charge < -0.3 is 14.8 Å². The highest BCUT2D eigenvalue weighted by Gasteiger charge is 2.49. The third kappa shape index (κ3) is 5.14. The maximum atomic E-state index is 13.3. The minimum absolute atomic E-state index is 0.116. The second-order valence-electron chi connectivity index (χ2n) is 7.62. The monoisotopic (exact) mass is 480 g/mol. The molecule has 2 aliphatic rings. The number of nitrogens with zero attached hydrogens (tertiary/aromatic N) is 2. The highest BCUT2D eigenvalue weighted by atomic mass is 32.2. The highest BCUT2D eigenvalue weighted by molar-refractivity contribution is 8.04. The van der Waals surface area contributed by atoms with Gasteiger partial charge in [0.25, 0.3) is 5.91 Å². The molecule has 176 valence electrons. The molecule has 0 fully saturated rings. The predicted octanol–water partition coefficient (Wildman–Crippen LogP) is 3.67. The summed E-state index contributed by atoms with van der Waals surface area (Å²) in [7, 11) is 0. The number of urea groups is 1. The quantitative estimate of drug-likeness (QED) is 0.551. The summed E-state index contributed by atoms with van der Waals surface area (Å²) in [6, 6.07) is 13.8. The fraction of sp³-hybridized carbons (Fsp3) is 0.280. The van der Waals surface area contributed by atoms with Gasteiger partial charge in [0, 0.05) is 5.69 Å². The minimum atomic E-state index is -0.543. The van der Waals surface area contributed by atoms with E-state index in [2.05, 4.69) is 5.32 Å². The first-order chi connectivity index (χ1) is 16.5. The van der Waals surface area contributed by atoms with Gasteiger partial charge in [-0.2, -0.15) is 14.3 Å². The maximum absolute atomic E-state index is 13.3. The van der Waals surface area contributed by atoms with Crippen LogP contribution in [-0.2, 0) is 16.1 Å². The lowest BCUT2D eigenvalue weighted by molar-refractivity contribution is -0.426. The molecule has 0 spiro atoms. The van der Waals surface area contributed by atoms with Crippen LogP contribution in [0.5, 0.6) is 11.5 Å². The van der Waals surface area contributed by atoms with Crippen molar-refractivity contribution in [2.75, 3.05) is 25.1 Å². The number of fused-ring (bicyclic) bond motifs is 1. The van der Waals surface area contributed by atoms with Gasteiger partial charge in [-0.05, 0) is 67.3 Å². The number of nitrogens with one attached hydrogen (secondary N) is 1. The van der Waals surface area contributed by atoms with E-state index in [0.717, 1.165) is 11.3 Å². The van der Waals surface area contributed by atoms with E-state index in [-0.39, 0.29) is 24.9 Å². The summed E-state index contributed by atoms with van der Waals surface area (Å²) < 4.78 is 12.2. The van der Waals surface area contributed by atoms with Crippen LogP contribution in [0.1, 0.15) is 19.4 Å². The molecule has 0 bridgehead atoms. The smallest absolute Gasteiger partial charge is 0.494 e. The summed E-state index contributed by atoms with van der Waals surface area (Å²) in [6.07, 6.45) is 1.73. The zero-order valence-electron chi connectivity index (χ0n) is 19.0. The third-order valence-electron chi connectivity index (χ3n) is 5.31. The van der Waals surface area contributed by atoms with Crippen molar-refractivity contribution in [3.8, 4) is 11.5 Å². The van der Waals surface area contributed by atoms with Crippen molar-refractivity contribution in [1.82, 2.24) is 4.90 Å². The van der Waals surface area contributed by atoms with E-state index in [1.54, 1.807) is 35.7 Å². The average molecular weight is 481 g/mol. The molecule has 2 heterocycles. The Morgan fingerprint density at radius 1 is 1.00 bits per heavy atom. The van der Waals surface area contributed by atoms with E-state index in [9.17, 15) is 14.4 Å². The molecule has 9 heteroatoms. The molecule has 4 rings (SSSR count). The zero-order chi connectivity index (χ0) is 24.1. The molecule has 2 aromatic carbocycles. The van der Waals surface area contributed by atoms with E-state index < -0.39 is 11.3 Å². The Bertz CT molecular complexity index is 1140. The van der Waals surface area contributed by atoms with E-state index in [1.165, 1.54) is 21.2 Å². The van der Waals surface area contributed by atoms with Gasteiger partial charge in [-0.25, -0.2) is 4.79 Å². The number of anilines is 1. The van der Waals surface area contributed by atoms with Gasteiger partial charge in [0.2, 0.25) is 0 Å². The Morgan fingerprint density at radius 2 is 1.62 bits per heavy atom. The molecule has 1 unspecified atom stereocenters. The third-order valence-corrected chi connectivity index (χ3v) is 6.32. The molecule has 2 aromatic rings. The molecule has 0 aromatic heterocycles. The second kappa shape index (κ2) is 10.6. The minimum Gasteiger partial charge on any atom is -0.494 e. The lowest BCUT2D eigenvalue weighted by atomic mass is 10.1. The molecular weight excluding hydrogens is 454 g/mol. The molecular formula is C25H26N3O5S+. The lowest BCUT2D eigenvalue weighted by Crippen LogP contribution is -2.55. The highest BCUT2D eigenvalue weighted by Crippen LogP contribution is 2.29. The molecule has 1 N–H and O–H groups in total. The van der Waals surface area contributed by atoms with Crippen molar-refractivity contribution in [3.63, 3.8) is 0 Å². The van der Waals surface area contributed by atoms with Gasteiger partial charge in [-0.15, -0.1) is 11.8 Å². The molecule has 0 saturated carbocycles. The van der Waals surface area contributed by atoms with Gasteiger partial charge in [0.05, 0.1) is 13.2 Å². The van der Waals surface area contributed by atoms with Crippen molar-refractivity contribution in [2.24, 2.45) is 0 Å². The number of benzene rings is 2. The van der Waals surface area contributed by atoms with Crippen LogP contribution < -0.4 is 14.8 Å². The summed E-state index contributed by atoms with van der Waals surface area (Å²) in [5.74, 6) is 0.791. The van der Waals surface area contributed by atoms with Crippen LogP contribution in [0.3, 0.4) is 0 Å². The van der Waals surface area contributed by atoms with Crippen molar-refractivity contribution >= 4 is 41.0 Å². The first-order valence-electron chi connectivity index (χ1n) is 11.1. The van der Waals surface area contributed by atoms with Crippen LogP contribution in [0.4, 0.5) is 10.5 Å². The molecule has 0 aliphatic carbocycles. The number of rotatable bonds is 9. The Hall–Kier alpha value is -3.59. The van der Waals surface area contributed by atoms with Gasteiger partial charge >= 0.3 is 11.9 Å². The summed E-state index contributed by atoms with van der Waals surface area (Å²) >= 11 is 1.33. The number of hydrogen-bond acceptors (Lipinski definition) is 6. The number of imide groups is 1. The van der Waals surface area contributed by atoms with E-state index >= 15 is 0 Å². The largest absolute Gasteiger partial charge is 0.501 e. The molecule has 4 amide bonds. The van der Waals surface area contributed by atoms with Crippen molar-refractivity contribution in [3.05, 3.63) is 65.6 Å². The standard InChI is InChI=1S/C25H25N3O5S/c1-3-32-19-9-5-17(6-10-19)15-28-24(30)23-21(13-14-34-23)27(25(28)31)16-22(29)26-18-7-11-20(12-8-18)33-4-2/h5-14,23H,3-4,15-16H2,1-2H3/p+1. The molecule has 0 saturated heterocycles. The Balaban J connectivity index is 1.49. The number of thioether (sulfide) groups is 1. The van der Waals surface area contributed by atoms with Crippen LogP contribution in [0.15, 0.2) is 60.0 Å². The van der Waals surface area contributed by atoms with Gasteiger partial charge in [-0.1, -0.05) is 12.1 Å². The van der Waals surface area contributed by atoms with Gasteiger partial charge in [-0.3, -0.25) is 4.79 Å². The van der Waals surface area contributed by atoms with Gasteiger partial charge in [0.1, 0.15) is 23.8 Å². The van der Waals surface area contributed by atoms with Gasteiger partial charge in [0.15, 0.2) is 11.8 Å². The number of ether oxygens (including phenoxy) is 2. The lowest BCUT2D eigenvalue weighted by Gasteiger charge is -2.24. The van der Waals surface area contributed by atoms with Crippen LogP contribution >= 0.6 is 11.8 Å². The molecule has 0 radical (unpaired) electrons. The summed E-state index contributed by atoms with van der Waals surface area (Å²) in [5.41, 5.74) is 1.92. The molecule has 2 aliphatic heterocycles. The predicted molar refractivity (Wildman–Crippen MR) is 130 cm³/mol. The Labute approximate surface area is 202 Å². The van der Waals surface area contributed by atoms with E-state index in [0.29, 0.717) is 30.4 Å². The molecule has 34 heavy (non-hydrogen) atoms. The fourth-order valence-electron chi connectivity index (χ4n) is 3.74. The maximum Gasteiger partial charge on any atom is 0.501 e. The first kappa shape index (κ1) is 23.6. The van der Waals surface area contributed by atoms with Crippen molar-refractivity contribution in [1.29, 1.82) is 0 Å². The molecule has 8 nitrogen and oxygen atoms in total. The number of carbonyl (C=O) groups is 3. The topological polar surface area (TPSA) is 87.9 Å². The molecule has 1 atom stereocenters. The van der Waals surface area contributed by atoms with Crippen LogP contribution in [-0.4, -0.2) is 58.0 Å². The van der Waals surface area contributed by atoms with E-state index in [1.807, 2.05) is 38.1 Å². The Morgan fingerprint density at radius 3 is 2.24 bits per heavy atom. The number of amides is 4. The average Bonchev–Trinajstić information content (AvgIpc) is 3.32. The van der Waals surface area contributed by atoms with Crippen molar-refractivity contribution in [2.45, 2.75) is 25.6 Å². The van der Waals surface area contributed by atoms with Crippen LogP contribution in [0.2, 0.25) is 0 Å².